The van der Waals surface area contributed by atoms with Crippen molar-refractivity contribution in [3.63, 3.8) is 0 Å². The average Bonchev–Trinajstić information content (AvgIpc) is 2.63. The molecule has 0 aliphatic rings. The van der Waals surface area contributed by atoms with Crippen LogP contribution in [0.1, 0.15) is 12.5 Å². The summed E-state index contributed by atoms with van der Waals surface area (Å²) < 4.78 is 12.7. The number of benzene rings is 2. The van der Waals surface area contributed by atoms with Crippen LogP contribution in [0.3, 0.4) is 0 Å². The Kier molecular flexibility index (Phi) is 7.71. The summed E-state index contributed by atoms with van der Waals surface area (Å²) in [6.45, 7) is 2.41. The molecule has 0 atom stereocenters. The van der Waals surface area contributed by atoms with E-state index in [0.717, 1.165) is 7.14 Å². The molecule has 26 heavy (non-hydrogen) atoms. The van der Waals surface area contributed by atoms with Crippen LogP contribution in [0.4, 0.5) is 5.69 Å². The van der Waals surface area contributed by atoms with Gasteiger partial charge in [0, 0.05) is 3.57 Å². The molecule has 134 valence electrons. The van der Waals surface area contributed by atoms with Gasteiger partial charge in [-0.15, -0.1) is 0 Å². The standard InChI is InChI=1S/C19H16I2N2O3/c1-3-26-18-15(21)9-12(10-17(18)25-2)8-13(11-22)19(24)23-16-7-5-4-6-14(16)20/h4-10H,3H2,1-2H3,(H,23,24). The fourth-order valence-electron chi connectivity index (χ4n) is 2.18. The lowest BCUT2D eigenvalue weighted by Gasteiger charge is -2.12. The van der Waals surface area contributed by atoms with Crippen LogP contribution in [0.25, 0.3) is 6.08 Å². The fourth-order valence-corrected chi connectivity index (χ4v) is 3.48. The highest BCUT2D eigenvalue weighted by Crippen LogP contribution is 2.34. The molecule has 0 unspecified atom stereocenters. The van der Waals surface area contributed by atoms with Crippen molar-refractivity contribution < 1.29 is 14.3 Å². The zero-order valence-electron chi connectivity index (χ0n) is 14.2. The number of rotatable bonds is 6. The normalized spacial score (nSPS) is 10.8. The average molecular weight is 574 g/mol. The van der Waals surface area contributed by atoms with E-state index in [1.807, 2.05) is 37.3 Å². The Hall–Kier alpha value is -1.80. The predicted molar refractivity (Wildman–Crippen MR) is 118 cm³/mol. The number of amides is 1. The first-order chi connectivity index (χ1) is 12.5. The molecule has 0 fully saturated rings. The molecular weight excluding hydrogens is 558 g/mol. The van der Waals surface area contributed by atoms with E-state index in [1.54, 1.807) is 19.2 Å². The van der Waals surface area contributed by atoms with Crippen LogP contribution >= 0.6 is 45.2 Å². The molecule has 5 nitrogen and oxygen atoms in total. The monoisotopic (exact) mass is 574 g/mol. The third-order valence-electron chi connectivity index (χ3n) is 3.34. The fraction of sp³-hybridized carbons (Fsp3) is 0.158. The highest BCUT2D eigenvalue weighted by atomic mass is 127. The van der Waals surface area contributed by atoms with Crippen molar-refractivity contribution in [3.05, 3.63) is 54.7 Å². The maximum absolute atomic E-state index is 12.4. The lowest BCUT2D eigenvalue weighted by Crippen LogP contribution is -2.14. The molecule has 0 radical (unpaired) electrons. The van der Waals surface area contributed by atoms with E-state index in [0.29, 0.717) is 29.4 Å². The Bertz CT molecular complexity index is 889. The van der Waals surface area contributed by atoms with Gasteiger partial charge in [-0.05, 0) is 88.0 Å². The minimum Gasteiger partial charge on any atom is -0.493 e. The molecule has 2 aromatic carbocycles. The van der Waals surface area contributed by atoms with Gasteiger partial charge in [-0.3, -0.25) is 4.79 Å². The Morgan fingerprint density at radius 3 is 2.62 bits per heavy atom. The van der Waals surface area contributed by atoms with Crippen LogP contribution in [-0.4, -0.2) is 19.6 Å². The van der Waals surface area contributed by atoms with Crippen molar-refractivity contribution in [2.24, 2.45) is 0 Å². The third-order valence-corrected chi connectivity index (χ3v) is 5.08. The summed E-state index contributed by atoms with van der Waals surface area (Å²) in [7, 11) is 1.55. The molecule has 0 aliphatic carbocycles. The number of methoxy groups -OCH3 is 1. The molecule has 0 saturated carbocycles. The van der Waals surface area contributed by atoms with Crippen molar-refractivity contribution >= 4 is 62.9 Å². The number of nitrogens with one attached hydrogen (secondary N) is 1. The van der Waals surface area contributed by atoms with Gasteiger partial charge >= 0.3 is 0 Å². The lowest BCUT2D eigenvalue weighted by molar-refractivity contribution is -0.112. The van der Waals surface area contributed by atoms with Crippen molar-refractivity contribution in [2.45, 2.75) is 6.92 Å². The Morgan fingerprint density at radius 2 is 2.00 bits per heavy atom. The molecule has 7 heteroatoms. The van der Waals surface area contributed by atoms with Crippen LogP contribution in [0, 0.1) is 18.5 Å². The molecule has 2 aromatic rings. The summed E-state index contributed by atoms with van der Waals surface area (Å²) in [6.07, 6.45) is 1.53. The predicted octanol–water partition coefficient (Wildman–Crippen LogP) is 4.85. The smallest absolute Gasteiger partial charge is 0.266 e. The van der Waals surface area contributed by atoms with Gasteiger partial charge in [0.1, 0.15) is 11.6 Å². The van der Waals surface area contributed by atoms with Gasteiger partial charge in [-0.2, -0.15) is 5.26 Å². The zero-order valence-corrected chi connectivity index (χ0v) is 18.5. The number of hydrogen-bond donors (Lipinski definition) is 1. The first-order valence-corrected chi connectivity index (χ1v) is 9.83. The molecule has 0 saturated heterocycles. The van der Waals surface area contributed by atoms with Crippen molar-refractivity contribution in [2.75, 3.05) is 19.0 Å². The number of nitriles is 1. The SMILES string of the molecule is CCOc1c(I)cc(C=C(C#N)C(=O)Nc2ccccc2I)cc1OC. The molecule has 0 heterocycles. The topological polar surface area (TPSA) is 71.3 Å². The Balaban J connectivity index is 2.34. The number of para-hydroxylation sites is 1. The summed E-state index contributed by atoms with van der Waals surface area (Å²) in [5.41, 5.74) is 1.36. The quantitative estimate of drug-likeness (QED) is 0.305. The van der Waals surface area contributed by atoms with E-state index in [-0.39, 0.29) is 5.57 Å². The van der Waals surface area contributed by atoms with E-state index in [9.17, 15) is 10.1 Å². The number of carbonyl (C=O) groups is 1. The molecule has 0 spiro atoms. The summed E-state index contributed by atoms with van der Waals surface area (Å²) in [6, 6.07) is 12.9. The summed E-state index contributed by atoms with van der Waals surface area (Å²) in [5, 5.41) is 12.2. The first-order valence-electron chi connectivity index (χ1n) is 7.68. The molecule has 1 amide bonds. The van der Waals surface area contributed by atoms with Gasteiger partial charge in [0.05, 0.1) is 23.0 Å². The second-order valence-electron chi connectivity index (χ2n) is 5.07. The van der Waals surface area contributed by atoms with Gasteiger partial charge in [0.15, 0.2) is 11.5 Å². The van der Waals surface area contributed by atoms with Gasteiger partial charge in [-0.25, -0.2) is 0 Å². The molecule has 0 bridgehead atoms. The van der Waals surface area contributed by atoms with Crippen molar-refractivity contribution in [1.82, 2.24) is 0 Å². The Labute approximate surface area is 179 Å². The van der Waals surface area contributed by atoms with Crippen molar-refractivity contribution in [3.8, 4) is 17.6 Å². The number of nitrogens with zero attached hydrogens (tertiary/aromatic N) is 1. The number of ether oxygens (including phenoxy) is 2. The van der Waals surface area contributed by atoms with Crippen molar-refractivity contribution in [1.29, 1.82) is 5.26 Å². The van der Waals surface area contributed by atoms with E-state index < -0.39 is 5.91 Å². The van der Waals surface area contributed by atoms with E-state index in [2.05, 4.69) is 50.5 Å². The van der Waals surface area contributed by atoms with E-state index >= 15 is 0 Å². The van der Waals surface area contributed by atoms with Gasteiger partial charge in [-0.1, -0.05) is 12.1 Å². The minimum absolute atomic E-state index is 0.00617. The maximum atomic E-state index is 12.4. The molecule has 0 aromatic heterocycles. The van der Waals surface area contributed by atoms with Gasteiger partial charge in [0.2, 0.25) is 0 Å². The van der Waals surface area contributed by atoms with Crippen LogP contribution < -0.4 is 14.8 Å². The largest absolute Gasteiger partial charge is 0.493 e. The molecule has 0 aliphatic heterocycles. The maximum Gasteiger partial charge on any atom is 0.266 e. The van der Waals surface area contributed by atoms with Crippen LogP contribution in [0.5, 0.6) is 11.5 Å². The number of hydrogen-bond acceptors (Lipinski definition) is 4. The summed E-state index contributed by atoms with van der Waals surface area (Å²) in [4.78, 5) is 12.4. The Morgan fingerprint density at radius 1 is 1.27 bits per heavy atom. The van der Waals surface area contributed by atoms with Gasteiger partial charge < -0.3 is 14.8 Å². The molecule has 2 rings (SSSR count). The minimum atomic E-state index is -0.459. The highest BCUT2D eigenvalue weighted by molar-refractivity contribution is 14.1. The van der Waals surface area contributed by atoms with Gasteiger partial charge in [0.25, 0.3) is 5.91 Å². The second-order valence-corrected chi connectivity index (χ2v) is 7.40. The van der Waals surface area contributed by atoms with E-state index in [1.165, 1.54) is 6.08 Å². The number of anilines is 1. The number of halogens is 2. The molecular formula is C19H16I2N2O3. The highest BCUT2D eigenvalue weighted by Gasteiger charge is 2.14. The van der Waals surface area contributed by atoms with Crippen LogP contribution in [0.2, 0.25) is 0 Å². The second kappa shape index (κ2) is 9.78. The van der Waals surface area contributed by atoms with E-state index in [4.69, 9.17) is 9.47 Å². The third kappa shape index (κ3) is 5.11. The van der Waals surface area contributed by atoms with Crippen LogP contribution in [0.15, 0.2) is 42.0 Å². The zero-order chi connectivity index (χ0) is 19.1. The summed E-state index contributed by atoms with van der Waals surface area (Å²) in [5.74, 6) is 0.745. The number of carbonyl (C=O) groups excluding carboxylic acids is 1. The molecule has 1 N–H and O–H groups in total. The lowest BCUT2D eigenvalue weighted by atomic mass is 10.1. The summed E-state index contributed by atoms with van der Waals surface area (Å²) >= 11 is 4.27. The first kappa shape index (κ1) is 20.5. The van der Waals surface area contributed by atoms with Crippen LogP contribution in [-0.2, 0) is 4.79 Å².